The molecule has 0 aromatic heterocycles. The number of hydrogen-bond acceptors (Lipinski definition) is 3. The molecule has 0 spiro atoms. The third kappa shape index (κ3) is 5.92. The molecular weight excluding hydrogens is 414 g/mol. The summed E-state index contributed by atoms with van der Waals surface area (Å²) in [6.45, 7) is 3.92. The summed E-state index contributed by atoms with van der Waals surface area (Å²) in [5.41, 5.74) is 1.07. The standard InChI is InChI=1S/C27H35N3O3/c1-2-3-4-7-14-28-25(31)22-11-8-15-30(18-22)27(33)23-16-20-9-5-6-10-21(20)17-24(23)29-26(32)19-12-13-19/h5-6,9-10,16-17,19,22H,2-4,7-8,11-15,18H2,1H3,(H,28,31)(H,29,32). The fourth-order valence-corrected chi connectivity index (χ4v) is 4.55. The number of piperidine rings is 1. The minimum atomic E-state index is -0.182. The van der Waals surface area contributed by atoms with E-state index < -0.39 is 0 Å². The van der Waals surface area contributed by atoms with Crippen molar-refractivity contribution >= 4 is 34.2 Å². The molecule has 1 saturated heterocycles. The van der Waals surface area contributed by atoms with Gasteiger partial charge < -0.3 is 15.5 Å². The minimum absolute atomic E-state index is 0.0155. The number of nitrogens with one attached hydrogen (secondary N) is 2. The Kier molecular flexibility index (Phi) is 7.63. The van der Waals surface area contributed by atoms with Gasteiger partial charge in [-0.3, -0.25) is 14.4 Å². The number of anilines is 1. The molecule has 2 N–H and O–H groups in total. The van der Waals surface area contributed by atoms with Crippen molar-refractivity contribution in [2.24, 2.45) is 11.8 Å². The van der Waals surface area contributed by atoms with Crippen LogP contribution in [0.15, 0.2) is 36.4 Å². The summed E-state index contributed by atoms with van der Waals surface area (Å²) in [4.78, 5) is 40.5. The zero-order valence-corrected chi connectivity index (χ0v) is 19.6. The lowest BCUT2D eigenvalue weighted by molar-refractivity contribution is -0.126. The molecule has 1 unspecified atom stereocenters. The van der Waals surface area contributed by atoms with Crippen LogP contribution in [0.1, 0.15) is 68.6 Å². The fraction of sp³-hybridized carbons (Fsp3) is 0.519. The lowest BCUT2D eigenvalue weighted by Gasteiger charge is -2.32. The number of carbonyl (C=O) groups is 3. The molecule has 6 heteroatoms. The van der Waals surface area contributed by atoms with Crippen LogP contribution in [0.4, 0.5) is 5.69 Å². The monoisotopic (exact) mass is 449 g/mol. The van der Waals surface area contributed by atoms with E-state index in [0.29, 0.717) is 30.9 Å². The molecule has 2 aliphatic rings. The highest BCUT2D eigenvalue weighted by molar-refractivity contribution is 6.08. The van der Waals surface area contributed by atoms with E-state index in [1.807, 2.05) is 36.4 Å². The molecule has 1 aliphatic heterocycles. The maximum Gasteiger partial charge on any atom is 0.256 e. The zero-order valence-electron chi connectivity index (χ0n) is 19.6. The van der Waals surface area contributed by atoms with Gasteiger partial charge >= 0.3 is 0 Å². The van der Waals surface area contributed by atoms with E-state index in [2.05, 4.69) is 17.6 Å². The van der Waals surface area contributed by atoms with Crippen molar-refractivity contribution in [3.05, 3.63) is 42.0 Å². The summed E-state index contributed by atoms with van der Waals surface area (Å²) in [5.74, 6) is -0.214. The highest BCUT2D eigenvalue weighted by Gasteiger charge is 2.32. The van der Waals surface area contributed by atoms with Gasteiger partial charge in [0.05, 0.1) is 17.2 Å². The van der Waals surface area contributed by atoms with E-state index in [0.717, 1.165) is 49.3 Å². The number of hydrogen-bond donors (Lipinski definition) is 2. The molecule has 3 amide bonds. The molecule has 1 saturated carbocycles. The molecule has 1 aliphatic carbocycles. The normalized spacial score (nSPS) is 18.2. The molecule has 1 atom stereocenters. The minimum Gasteiger partial charge on any atom is -0.356 e. The number of benzene rings is 2. The second-order valence-corrected chi connectivity index (χ2v) is 9.45. The van der Waals surface area contributed by atoms with Crippen molar-refractivity contribution in [3.8, 4) is 0 Å². The summed E-state index contributed by atoms with van der Waals surface area (Å²) in [6.07, 6.45) is 7.90. The van der Waals surface area contributed by atoms with Crippen molar-refractivity contribution in [3.63, 3.8) is 0 Å². The average molecular weight is 450 g/mol. The number of carbonyl (C=O) groups excluding carboxylic acids is 3. The van der Waals surface area contributed by atoms with Gasteiger partial charge in [-0.15, -0.1) is 0 Å². The van der Waals surface area contributed by atoms with Crippen LogP contribution in [-0.4, -0.2) is 42.3 Å². The number of fused-ring (bicyclic) bond motifs is 1. The molecule has 176 valence electrons. The van der Waals surface area contributed by atoms with Crippen molar-refractivity contribution in [2.75, 3.05) is 25.0 Å². The van der Waals surface area contributed by atoms with Gasteiger partial charge in [0, 0.05) is 25.6 Å². The maximum atomic E-state index is 13.6. The van der Waals surface area contributed by atoms with Gasteiger partial charge in [-0.25, -0.2) is 0 Å². The first-order valence-electron chi connectivity index (χ1n) is 12.5. The van der Waals surface area contributed by atoms with Gasteiger partial charge in [-0.1, -0.05) is 50.5 Å². The Morgan fingerprint density at radius 2 is 1.70 bits per heavy atom. The lowest BCUT2D eigenvalue weighted by Crippen LogP contribution is -2.45. The smallest absolute Gasteiger partial charge is 0.256 e. The molecule has 33 heavy (non-hydrogen) atoms. The van der Waals surface area contributed by atoms with Gasteiger partial charge in [-0.05, 0) is 55.0 Å². The first-order chi connectivity index (χ1) is 16.1. The van der Waals surface area contributed by atoms with E-state index >= 15 is 0 Å². The molecule has 1 heterocycles. The maximum absolute atomic E-state index is 13.6. The van der Waals surface area contributed by atoms with E-state index in [4.69, 9.17) is 0 Å². The topological polar surface area (TPSA) is 78.5 Å². The summed E-state index contributed by atoms with van der Waals surface area (Å²) < 4.78 is 0. The van der Waals surface area contributed by atoms with Crippen LogP contribution in [0.2, 0.25) is 0 Å². The molecule has 0 bridgehead atoms. The molecule has 2 aromatic rings. The third-order valence-electron chi connectivity index (χ3n) is 6.73. The van der Waals surface area contributed by atoms with Crippen LogP contribution in [-0.2, 0) is 9.59 Å². The average Bonchev–Trinajstić information content (AvgIpc) is 3.69. The van der Waals surface area contributed by atoms with E-state index in [9.17, 15) is 14.4 Å². The van der Waals surface area contributed by atoms with Crippen LogP contribution in [0.25, 0.3) is 10.8 Å². The summed E-state index contributed by atoms with van der Waals surface area (Å²) in [6, 6.07) is 11.6. The number of amides is 3. The summed E-state index contributed by atoms with van der Waals surface area (Å²) in [7, 11) is 0. The first kappa shape index (κ1) is 23.3. The third-order valence-corrected chi connectivity index (χ3v) is 6.73. The first-order valence-corrected chi connectivity index (χ1v) is 12.5. The van der Waals surface area contributed by atoms with Crippen LogP contribution >= 0.6 is 0 Å². The fourth-order valence-electron chi connectivity index (χ4n) is 4.55. The van der Waals surface area contributed by atoms with Crippen LogP contribution in [0, 0.1) is 11.8 Å². The predicted octanol–water partition coefficient (Wildman–Crippen LogP) is 4.74. The molecular formula is C27H35N3O3. The Balaban J connectivity index is 1.47. The largest absolute Gasteiger partial charge is 0.356 e. The highest BCUT2D eigenvalue weighted by atomic mass is 16.2. The molecule has 2 aromatic carbocycles. The second-order valence-electron chi connectivity index (χ2n) is 9.45. The molecule has 2 fully saturated rings. The van der Waals surface area contributed by atoms with Gasteiger partial charge in [0.2, 0.25) is 11.8 Å². The van der Waals surface area contributed by atoms with Gasteiger partial charge in [0.25, 0.3) is 5.91 Å². The molecule has 4 rings (SSSR count). The number of unbranched alkanes of at least 4 members (excludes halogenated alkanes) is 3. The van der Waals surface area contributed by atoms with Crippen LogP contribution in [0.3, 0.4) is 0 Å². The quantitative estimate of drug-likeness (QED) is 0.543. The van der Waals surface area contributed by atoms with Crippen molar-refractivity contribution in [2.45, 2.75) is 58.3 Å². The van der Waals surface area contributed by atoms with E-state index in [1.165, 1.54) is 12.8 Å². The van der Waals surface area contributed by atoms with Crippen molar-refractivity contribution in [1.82, 2.24) is 10.2 Å². The van der Waals surface area contributed by atoms with Crippen molar-refractivity contribution in [1.29, 1.82) is 0 Å². The van der Waals surface area contributed by atoms with Gasteiger partial charge in [0.15, 0.2) is 0 Å². The zero-order chi connectivity index (χ0) is 23.2. The molecule has 0 radical (unpaired) electrons. The van der Waals surface area contributed by atoms with Gasteiger partial charge in [-0.2, -0.15) is 0 Å². The van der Waals surface area contributed by atoms with E-state index in [-0.39, 0.29) is 29.6 Å². The number of rotatable bonds is 9. The van der Waals surface area contributed by atoms with Crippen LogP contribution in [0.5, 0.6) is 0 Å². The number of likely N-dealkylation sites (tertiary alicyclic amines) is 1. The summed E-state index contributed by atoms with van der Waals surface area (Å²) in [5, 5.41) is 8.00. The Bertz CT molecular complexity index is 1010. The highest BCUT2D eigenvalue weighted by Crippen LogP contribution is 2.32. The van der Waals surface area contributed by atoms with Crippen LogP contribution < -0.4 is 10.6 Å². The predicted molar refractivity (Wildman–Crippen MR) is 131 cm³/mol. The van der Waals surface area contributed by atoms with E-state index in [1.54, 1.807) is 4.90 Å². The Morgan fingerprint density at radius 1 is 0.939 bits per heavy atom. The number of nitrogens with zero attached hydrogens (tertiary/aromatic N) is 1. The van der Waals surface area contributed by atoms with Gasteiger partial charge in [0.1, 0.15) is 0 Å². The van der Waals surface area contributed by atoms with Crippen molar-refractivity contribution < 1.29 is 14.4 Å². The lowest BCUT2D eigenvalue weighted by atomic mass is 9.95. The molecule has 6 nitrogen and oxygen atoms in total. The second kappa shape index (κ2) is 10.8. The Hall–Kier alpha value is -2.89. The Labute approximate surface area is 196 Å². The Morgan fingerprint density at radius 3 is 2.42 bits per heavy atom. The summed E-state index contributed by atoms with van der Waals surface area (Å²) >= 11 is 0. The SMILES string of the molecule is CCCCCCNC(=O)C1CCCN(C(=O)c2cc3ccccc3cc2NC(=O)C2CC2)C1.